The first-order valence-electron chi connectivity index (χ1n) is 7.10. The Bertz CT molecular complexity index is 303. The minimum absolute atomic E-state index is 0.663. The Balaban J connectivity index is 1.77. The third-order valence-electron chi connectivity index (χ3n) is 7.30. The Morgan fingerprint density at radius 1 is 0.933 bits per heavy atom. The van der Waals surface area contributed by atoms with E-state index in [9.17, 15) is 0 Å². The van der Waals surface area contributed by atoms with Crippen molar-refractivity contribution in [3.05, 3.63) is 0 Å². The third kappa shape index (κ3) is 0.840. The fraction of sp³-hybridized carbons (Fsp3) is 1.00. The van der Waals surface area contributed by atoms with Crippen LogP contribution in [0, 0.1) is 46.8 Å². The molecule has 84 valence electrons. The van der Waals surface area contributed by atoms with E-state index in [1.165, 1.54) is 11.8 Å². The number of hydrogen-bond acceptors (Lipinski definition) is 0. The van der Waals surface area contributed by atoms with Crippen molar-refractivity contribution >= 4 is 0 Å². The van der Waals surface area contributed by atoms with Crippen molar-refractivity contribution in [3.8, 4) is 0 Å². The largest absolute Gasteiger partial charge is 0.0617 e. The zero-order valence-corrected chi connectivity index (χ0v) is 10.4. The first-order valence-corrected chi connectivity index (χ1v) is 7.10. The predicted molar refractivity (Wildman–Crippen MR) is 62.4 cm³/mol. The summed E-state index contributed by atoms with van der Waals surface area (Å²) in [5.74, 6) is 7.87. The Hall–Kier alpha value is 0. The SMILES string of the molecule is CC1C2CC(C3C4CCC(C4)C23)C1(C)C. The highest BCUT2D eigenvalue weighted by atomic mass is 14.7. The molecule has 0 aromatic heterocycles. The lowest BCUT2D eigenvalue weighted by atomic mass is 9.58. The molecular formula is C15H24. The van der Waals surface area contributed by atoms with E-state index < -0.39 is 0 Å². The summed E-state index contributed by atoms with van der Waals surface area (Å²) in [5, 5.41) is 0. The zero-order chi connectivity index (χ0) is 10.4. The zero-order valence-electron chi connectivity index (χ0n) is 10.4. The number of rotatable bonds is 0. The minimum atomic E-state index is 0.663. The van der Waals surface area contributed by atoms with E-state index in [4.69, 9.17) is 0 Å². The molecule has 4 bridgehead atoms. The molecule has 0 heterocycles. The molecule has 0 aliphatic heterocycles. The van der Waals surface area contributed by atoms with Crippen molar-refractivity contribution < 1.29 is 0 Å². The lowest BCUT2D eigenvalue weighted by Crippen LogP contribution is -2.41. The Morgan fingerprint density at radius 2 is 1.60 bits per heavy atom. The second-order valence-corrected chi connectivity index (χ2v) is 7.60. The molecule has 4 rings (SSSR count). The summed E-state index contributed by atoms with van der Waals surface area (Å²) >= 11 is 0. The van der Waals surface area contributed by atoms with Gasteiger partial charge in [0.1, 0.15) is 0 Å². The molecule has 0 aromatic carbocycles. The van der Waals surface area contributed by atoms with Gasteiger partial charge in [-0.05, 0) is 72.5 Å². The molecule has 7 atom stereocenters. The number of hydrogen-bond donors (Lipinski definition) is 0. The molecule has 0 radical (unpaired) electrons. The van der Waals surface area contributed by atoms with Crippen LogP contribution in [-0.2, 0) is 0 Å². The van der Waals surface area contributed by atoms with Gasteiger partial charge in [0.15, 0.2) is 0 Å². The molecule has 15 heavy (non-hydrogen) atoms. The van der Waals surface area contributed by atoms with Gasteiger partial charge in [-0.1, -0.05) is 20.8 Å². The maximum Gasteiger partial charge on any atom is -0.0295 e. The second kappa shape index (κ2) is 2.46. The molecule has 0 N–H and O–H groups in total. The predicted octanol–water partition coefficient (Wildman–Crippen LogP) is 3.96. The summed E-state index contributed by atoms with van der Waals surface area (Å²) < 4.78 is 0. The first kappa shape index (κ1) is 9.07. The van der Waals surface area contributed by atoms with Crippen LogP contribution in [0.3, 0.4) is 0 Å². The van der Waals surface area contributed by atoms with Crippen molar-refractivity contribution in [2.24, 2.45) is 46.8 Å². The van der Waals surface area contributed by atoms with E-state index in [0.29, 0.717) is 5.41 Å². The molecule has 4 fully saturated rings. The smallest absolute Gasteiger partial charge is 0.0295 e. The van der Waals surface area contributed by atoms with Crippen LogP contribution in [0.1, 0.15) is 46.5 Å². The van der Waals surface area contributed by atoms with Gasteiger partial charge in [-0.15, -0.1) is 0 Å². The molecule has 0 amide bonds. The molecule has 4 saturated carbocycles. The Morgan fingerprint density at radius 3 is 2.33 bits per heavy atom. The van der Waals surface area contributed by atoms with Crippen molar-refractivity contribution in [1.29, 1.82) is 0 Å². The van der Waals surface area contributed by atoms with E-state index in [1.807, 2.05) is 0 Å². The van der Waals surface area contributed by atoms with Gasteiger partial charge >= 0.3 is 0 Å². The van der Waals surface area contributed by atoms with Gasteiger partial charge in [0.25, 0.3) is 0 Å². The highest BCUT2D eigenvalue weighted by molar-refractivity contribution is 5.15. The van der Waals surface area contributed by atoms with Crippen LogP contribution in [0.15, 0.2) is 0 Å². The average molecular weight is 204 g/mol. The van der Waals surface area contributed by atoms with Gasteiger partial charge in [0, 0.05) is 0 Å². The molecule has 4 aliphatic carbocycles. The van der Waals surface area contributed by atoms with E-state index in [1.54, 1.807) is 25.7 Å². The lowest BCUT2D eigenvalue weighted by molar-refractivity contribution is 0.0119. The molecule has 0 saturated heterocycles. The topological polar surface area (TPSA) is 0 Å². The summed E-state index contributed by atoms with van der Waals surface area (Å²) in [4.78, 5) is 0. The summed E-state index contributed by atoms with van der Waals surface area (Å²) in [7, 11) is 0. The monoisotopic (exact) mass is 204 g/mol. The maximum absolute atomic E-state index is 2.56. The normalized spacial score (nSPS) is 63.8. The molecule has 0 heteroatoms. The second-order valence-electron chi connectivity index (χ2n) is 7.60. The van der Waals surface area contributed by atoms with Crippen LogP contribution in [0.4, 0.5) is 0 Å². The van der Waals surface area contributed by atoms with Crippen LogP contribution in [-0.4, -0.2) is 0 Å². The Kier molecular flexibility index (Phi) is 1.49. The summed E-state index contributed by atoms with van der Waals surface area (Å²) in [6.07, 6.45) is 6.38. The van der Waals surface area contributed by atoms with Crippen LogP contribution in [0.25, 0.3) is 0 Å². The van der Waals surface area contributed by atoms with Crippen molar-refractivity contribution in [2.45, 2.75) is 46.5 Å². The molecule has 0 aromatic rings. The number of fused-ring (bicyclic) bond motifs is 9. The first-order chi connectivity index (χ1) is 7.10. The average Bonchev–Trinajstić information content (AvgIpc) is 2.88. The van der Waals surface area contributed by atoms with Crippen molar-refractivity contribution in [3.63, 3.8) is 0 Å². The van der Waals surface area contributed by atoms with Gasteiger partial charge in [-0.2, -0.15) is 0 Å². The van der Waals surface area contributed by atoms with Gasteiger partial charge in [-0.3, -0.25) is 0 Å². The van der Waals surface area contributed by atoms with E-state index in [0.717, 1.165) is 29.6 Å². The van der Waals surface area contributed by atoms with Crippen molar-refractivity contribution in [2.75, 3.05) is 0 Å². The quantitative estimate of drug-likeness (QED) is 0.524. The van der Waals surface area contributed by atoms with Crippen LogP contribution < -0.4 is 0 Å². The lowest BCUT2D eigenvalue weighted by Gasteiger charge is -2.47. The highest BCUT2D eigenvalue weighted by Crippen LogP contribution is 2.73. The highest BCUT2D eigenvalue weighted by Gasteiger charge is 2.66. The minimum Gasteiger partial charge on any atom is -0.0617 e. The van der Waals surface area contributed by atoms with Gasteiger partial charge < -0.3 is 0 Å². The fourth-order valence-corrected chi connectivity index (χ4v) is 6.45. The molecular weight excluding hydrogens is 180 g/mol. The van der Waals surface area contributed by atoms with Crippen LogP contribution >= 0.6 is 0 Å². The fourth-order valence-electron chi connectivity index (χ4n) is 6.45. The molecule has 4 aliphatic rings. The molecule has 0 spiro atoms. The third-order valence-corrected chi connectivity index (χ3v) is 7.30. The van der Waals surface area contributed by atoms with Gasteiger partial charge in [0.2, 0.25) is 0 Å². The molecule has 7 unspecified atom stereocenters. The molecule has 0 nitrogen and oxygen atoms in total. The summed E-state index contributed by atoms with van der Waals surface area (Å²) in [6.45, 7) is 7.67. The van der Waals surface area contributed by atoms with Crippen LogP contribution in [0.5, 0.6) is 0 Å². The summed E-state index contributed by atoms with van der Waals surface area (Å²) in [5.41, 5.74) is 0.663. The maximum atomic E-state index is 2.56. The Labute approximate surface area is 93.8 Å². The van der Waals surface area contributed by atoms with Gasteiger partial charge in [0.05, 0.1) is 0 Å². The van der Waals surface area contributed by atoms with Gasteiger partial charge in [-0.25, -0.2) is 0 Å². The standard InChI is InChI=1S/C15H24/c1-8-11-7-12(15(8,2)3)14-10-5-4-9(6-10)13(11)14/h8-14H,4-7H2,1-3H3. The van der Waals surface area contributed by atoms with Crippen molar-refractivity contribution in [1.82, 2.24) is 0 Å². The van der Waals surface area contributed by atoms with E-state index in [-0.39, 0.29) is 0 Å². The van der Waals surface area contributed by atoms with E-state index in [2.05, 4.69) is 20.8 Å². The van der Waals surface area contributed by atoms with Crippen LogP contribution in [0.2, 0.25) is 0 Å². The summed E-state index contributed by atoms with van der Waals surface area (Å²) in [6, 6.07) is 0. The van der Waals surface area contributed by atoms with E-state index >= 15 is 0 Å².